The van der Waals surface area contributed by atoms with Gasteiger partial charge in [0.15, 0.2) is 0 Å². The number of aliphatic hydroxyl groups is 1. The number of aliphatic hydroxyl groups excluding tert-OH is 1. The Balaban J connectivity index is 2.21. The minimum atomic E-state index is -0.222. The topological polar surface area (TPSA) is 49.5 Å². The summed E-state index contributed by atoms with van der Waals surface area (Å²) >= 11 is 0. The zero-order valence-electron chi connectivity index (χ0n) is 12.9. The van der Waals surface area contributed by atoms with Crippen molar-refractivity contribution in [3.63, 3.8) is 0 Å². The summed E-state index contributed by atoms with van der Waals surface area (Å²) in [6.45, 7) is 4.15. The van der Waals surface area contributed by atoms with Crippen LogP contribution >= 0.6 is 0 Å². The highest BCUT2D eigenvalue weighted by molar-refractivity contribution is 5.25. The van der Waals surface area contributed by atoms with Gasteiger partial charge in [-0.3, -0.25) is 4.90 Å². The quantitative estimate of drug-likeness (QED) is 0.889. The van der Waals surface area contributed by atoms with E-state index in [0.29, 0.717) is 0 Å². The van der Waals surface area contributed by atoms with Crippen LogP contribution in [0.5, 0.6) is 0 Å². The van der Waals surface area contributed by atoms with Gasteiger partial charge < -0.3 is 10.8 Å². The first-order valence-electron chi connectivity index (χ1n) is 7.73. The number of likely N-dealkylation sites (N-methyl/N-ethyl adjacent to an activating group) is 1. The summed E-state index contributed by atoms with van der Waals surface area (Å²) < 4.78 is 0. The molecule has 1 aromatic carbocycles. The first kappa shape index (κ1) is 15.5. The summed E-state index contributed by atoms with van der Waals surface area (Å²) in [5.41, 5.74) is 8.74. The molecule has 0 bridgehead atoms. The standard InChI is InChI=1S/C17H28N2O/c1-12-8-10-14(11-9-12)17(13(2)18)19(3)15-6-4-5-7-16(15)20/h8-11,13,15-17,20H,4-7,18H2,1-3H3. The van der Waals surface area contributed by atoms with Crippen molar-refractivity contribution < 1.29 is 5.11 Å². The number of nitrogens with two attached hydrogens (primary N) is 1. The Morgan fingerprint density at radius 1 is 1.20 bits per heavy atom. The van der Waals surface area contributed by atoms with Gasteiger partial charge in [0, 0.05) is 18.1 Å². The fourth-order valence-corrected chi connectivity index (χ4v) is 3.45. The maximum Gasteiger partial charge on any atom is 0.0695 e. The summed E-state index contributed by atoms with van der Waals surface area (Å²) in [6, 6.07) is 9.02. The lowest BCUT2D eigenvalue weighted by molar-refractivity contribution is 0.00791. The molecule has 0 spiro atoms. The molecule has 3 nitrogen and oxygen atoms in total. The van der Waals surface area contributed by atoms with Crippen molar-refractivity contribution in [3.8, 4) is 0 Å². The van der Waals surface area contributed by atoms with Crippen LogP contribution in [-0.4, -0.2) is 35.2 Å². The predicted octanol–water partition coefficient (Wildman–Crippen LogP) is 2.62. The molecule has 0 aromatic heterocycles. The number of hydrogen-bond acceptors (Lipinski definition) is 3. The molecule has 0 radical (unpaired) electrons. The van der Waals surface area contributed by atoms with Gasteiger partial charge in [-0.2, -0.15) is 0 Å². The summed E-state index contributed by atoms with van der Waals surface area (Å²) in [6.07, 6.45) is 4.09. The fraction of sp³-hybridized carbons (Fsp3) is 0.647. The van der Waals surface area contributed by atoms with Gasteiger partial charge in [0.2, 0.25) is 0 Å². The molecule has 1 aromatic rings. The Labute approximate surface area is 122 Å². The highest BCUT2D eigenvalue weighted by atomic mass is 16.3. The average molecular weight is 276 g/mol. The molecule has 3 heteroatoms. The molecule has 1 saturated carbocycles. The molecule has 0 amide bonds. The first-order chi connectivity index (χ1) is 9.50. The molecular formula is C17H28N2O. The molecule has 1 aliphatic carbocycles. The molecule has 1 aliphatic rings. The van der Waals surface area contributed by atoms with Crippen molar-refractivity contribution in [2.75, 3.05) is 7.05 Å². The van der Waals surface area contributed by atoms with E-state index in [0.717, 1.165) is 19.3 Å². The first-order valence-corrected chi connectivity index (χ1v) is 7.73. The molecule has 0 aliphatic heterocycles. The lowest BCUT2D eigenvalue weighted by Crippen LogP contribution is -2.49. The second-order valence-corrected chi connectivity index (χ2v) is 6.30. The number of rotatable bonds is 4. The number of nitrogens with zero attached hydrogens (tertiary/aromatic N) is 1. The SMILES string of the molecule is Cc1ccc(C(C(C)N)N(C)C2CCCCC2O)cc1. The molecule has 1 fully saturated rings. The Hall–Kier alpha value is -0.900. The van der Waals surface area contributed by atoms with E-state index in [2.05, 4.69) is 50.1 Å². The molecule has 4 atom stereocenters. The maximum atomic E-state index is 10.3. The Morgan fingerprint density at radius 3 is 2.35 bits per heavy atom. The summed E-state index contributed by atoms with van der Waals surface area (Å²) in [7, 11) is 2.10. The van der Waals surface area contributed by atoms with Crippen molar-refractivity contribution in [2.45, 2.75) is 63.8 Å². The number of hydrogen-bond donors (Lipinski definition) is 2. The highest BCUT2D eigenvalue weighted by Gasteiger charge is 2.32. The van der Waals surface area contributed by atoms with Crippen molar-refractivity contribution in [1.82, 2.24) is 4.90 Å². The third kappa shape index (κ3) is 3.40. The van der Waals surface area contributed by atoms with Crippen molar-refractivity contribution >= 4 is 0 Å². The highest BCUT2D eigenvalue weighted by Crippen LogP contribution is 2.30. The Morgan fingerprint density at radius 2 is 1.80 bits per heavy atom. The van der Waals surface area contributed by atoms with Gasteiger partial charge in [-0.25, -0.2) is 0 Å². The van der Waals surface area contributed by atoms with Crippen LogP contribution in [-0.2, 0) is 0 Å². The second-order valence-electron chi connectivity index (χ2n) is 6.30. The lowest BCUT2D eigenvalue weighted by atomic mass is 9.88. The average Bonchev–Trinajstić information content (AvgIpc) is 2.41. The van der Waals surface area contributed by atoms with Gasteiger partial charge in [0.05, 0.1) is 6.10 Å². The molecule has 3 N–H and O–H groups in total. The van der Waals surface area contributed by atoms with E-state index < -0.39 is 0 Å². The third-order valence-corrected chi connectivity index (χ3v) is 4.57. The minimum Gasteiger partial charge on any atom is -0.391 e. The zero-order valence-corrected chi connectivity index (χ0v) is 12.9. The molecule has 0 saturated heterocycles. The van der Waals surface area contributed by atoms with Crippen molar-refractivity contribution in [2.24, 2.45) is 5.73 Å². The monoisotopic (exact) mass is 276 g/mol. The Bertz CT molecular complexity index is 416. The Kier molecular flexibility index (Phi) is 5.19. The number of benzene rings is 1. The van der Waals surface area contributed by atoms with Gasteiger partial charge in [-0.15, -0.1) is 0 Å². The van der Waals surface area contributed by atoms with Gasteiger partial charge in [-0.1, -0.05) is 42.7 Å². The van der Waals surface area contributed by atoms with E-state index in [1.54, 1.807) is 0 Å². The van der Waals surface area contributed by atoms with Gasteiger partial charge in [-0.05, 0) is 39.3 Å². The van der Waals surface area contributed by atoms with E-state index in [1.165, 1.54) is 17.5 Å². The largest absolute Gasteiger partial charge is 0.391 e. The van der Waals surface area contributed by atoms with Gasteiger partial charge >= 0.3 is 0 Å². The van der Waals surface area contributed by atoms with Crippen LogP contribution in [0.4, 0.5) is 0 Å². The molecule has 4 unspecified atom stereocenters. The van der Waals surface area contributed by atoms with Crippen LogP contribution in [0.3, 0.4) is 0 Å². The minimum absolute atomic E-state index is 0.0387. The second kappa shape index (κ2) is 6.70. The van der Waals surface area contributed by atoms with Crippen LogP contribution in [0.2, 0.25) is 0 Å². The van der Waals surface area contributed by atoms with Gasteiger partial charge in [0.1, 0.15) is 0 Å². The van der Waals surface area contributed by atoms with Crippen molar-refractivity contribution in [1.29, 1.82) is 0 Å². The molecule has 0 heterocycles. The predicted molar refractivity (Wildman–Crippen MR) is 83.6 cm³/mol. The lowest BCUT2D eigenvalue weighted by Gasteiger charge is -2.41. The van der Waals surface area contributed by atoms with Crippen LogP contribution in [0.25, 0.3) is 0 Å². The van der Waals surface area contributed by atoms with Crippen molar-refractivity contribution in [3.05, 3.63) is 35.4 Å². The third-order valence-electron chi connectivity index (χ3n) is 4.57. The van der Waals surface area contributed by atoms with Crippen LogP contribution < -0.4 is 5.73 Å². The fourth-order valence-electron chi connectivity index (χ4n) is 3.45. The normalized spacial score (nSPS) is 26.5. The van der Waals surface area contributed by atoms with E-state index in [-0.39, 0.29) is 24.2 Å². The molecular weight excluding hydrogens is 248 g/mol. The molecule has 20 heavy (non-hydrogen) atoms. The van der Waals surface area contributed by atoms with Gasteiger partial charge in [0.25, 0.3) is 0 Å². The molecule has 112 valence electrons. The van der Waals surface area contributed by atoms with Crippen LogP contribution in [0.1, 0.15) is 49.8 Å². The maximum absolute atomic E-state index is 10.3. The smallest absolute Gasteiger partial charge is 0.0695 e. The van der Waals surface area contributed by atoms with Crippen LogP contribution in [0.15, 0.2) is 24.3 Å². The summed E-state index contributed by atoms with van der Waals surface area (Å²) in [5.74, 6) is 0. The summed E-state index contributed by atoms with van der Waals surface area (Å²) in [5, 5.41) is 10.3. The molecule has 2 rings (SSSR count). The van der Waals surface area contributed by atoms with E-state index in [9.17, 15) is 5.11 Å². The van der Waals surface area contributed by atoms with Crippen LogP contribution in [0, 0.1) is 6.92 Å². The zero-order chi connectivity index (χ0) is 14.7. The van der Waals surface area contributed by atoms with E-state index >= 15 is 0 Å². The number of aryl methyl sites for hydroxylation is 1. The summed E-state index contributed by atoms with van der Waals surface area (Å²) in [4.78, 5) is 2.29. The van der Waals surface area contributed by atoms with E-state index in [4.69, 9.17) is 5.73 Å². The van der Waals surface area contributed by atoms with E-state index in [1.807, 2.05) is 0 Å².